The molecule has 116 valence electrons. The third-order valence-corrected chi connectivity index (χ3v) is 5.33. The van der Waals surface area contributed by atoms with Crippen LogP contribution in [0.1, 0.15) is 46.0 Å². The summed E-state index contributed by atoms with van der Waals surface area (Å²) < 4.78 is 0. The second kappa shape index (κ2) is 6.90. The van der Waals surface area contributed by atoms with E-state index in [0.717, 1.165) is 64.8 Å². The first-order valence-electron chi connectivity index (χ1n) is 8.33. The van der Waals surface area contributed by atoms with Gasteiger partial charge in [0.05, 0.1) is 5.41 Å². The maximum atomic E-state index is 13.2. The van der Waals surface area contributed by atoms with Crippen molar-refractivity contribution in [2.24, 2.45) is 5.41 Å². The SMILES string of the molecule is CCC1CN(C)CCCN1C(=O)C1(CC)CCNCC1. The van der Waals surface area contributed by atoms with Gasteiger partial charge in [0.2, 0.25) is 5.91 Å². The molecule has 0 spiro atoms. The number of nitrogens with zero attached hydrogens (tertiary/aromatic N) is 2. The highest BCUT2D eigenvalue weighted by molar-refractivity contribution is 5.83. The molecule has 2 fully saturated rings. The number of hydrogen-bond acceptors (Lipinski definition) is 3. The smallest absolute Gasteiger partial charge is 0.229 e. The quantitative estimate of drug-likeness (QED) is 0.855. The van der Waals surface area contributed by atoms with E-state index in [0.29, 0.717) is 11.9 Å². The van der Waals surface area contributed by atoms with Gasteiger partial charge in [-0.3, -0.25) is 4.79 Å². The Morgan fingerprint density at radius 2 is 1.95 bits per heavy atom. The van der Waals surface area contributed by atoms with Crippen LogP contribution in [0.25, 0.3) is 0 Å². The molecule has 2 heterocycles. The zero-order valence-electron chi connectivity index (χ0n) is 13.5. The summed E-state index contributed by atoms with van der Waals surface area (Å²) >= 11 is 0. The van der Waals surface area contributed by atoms with E-state index in [-0.39, 0.29) is 5.41 Å². The normalized spacial score (nSPS) is 28.1. The van der Waals surface area contributed by atoms with Crippen molar-refractivity contribution >= 4 is 5.91 Å². The van der Waals surface area contributed by atoms with Gasteiger partial charge in [0.1, 0.15) is 0 Å². The van der Waals surface area contributed by atoms with Crippen LogP contribution in [-0.4, -0.2) is 61.5 Å². The number of likely N-dealkylation sites (N-methyl/N-ethyl adjacent to an activating group) is 1. The maximum Gasteiger partial charge on any atom is 0.229 e. The van der Waals surface area contributed by atoms with Crippen LogP contribution in [0.2, 0.25) is 0 Å². The van der Waals surface area contributed by atoms with Gasteiger partial charge in [-0.2, -0.15) is 0 Å². The van der Waals surface area contributed by atoms with Crippen LogP contribution in [0.3, 0.4) is 0 Å². The van der Waals surface area contributed by atoms with E-state index in [1.54, 1.807) is 0 Å². The summed E-state index contributed by atoms with van der Waals surface area (Å²) in [5, 5.41) is 3.40. The number of piperidine rings is 1. The van der Waals surface area contributed by atoms with Gasteiger partial charge in [-0.15, -0.1) is 0 Å². The molecule has 0 bridgehead atoms. The van der Waals surface area contributed by atoms with E-state index in [1.807, 2.05) is 0 Å². The largest absolute Gasteiger partial charge is 0.338 e. The van der Waals surface area contributed by atoms with E-state index in [1.165, 1.54) is 0 Å². The molecule has 2 rings (SSSR count). The minimum atomic E-state index is -0.0957. The molecule has 1 N–H and O–H groups in total. The molecule has 0 radical (unpaired) electrons. The lowest BCUT2D eigenvalue weighted by atomic mass is 9.75. The predicted molar refractivity (Wildman–Crippen MR) is 82.7 cm³/mol. The molecule has 0 aromatic rings. The summed E-state index contributed by atoms with van der Waals surface area (Å²) in [6.07, 6.45) is 5.16. The van der Waals surface area contributed by atoms with Gasteiger partial charge in [-0.25, -0.2) is 0 Å². The van der Waals surface area contributed by atoms with Crippen molar-refractivity contribution in [2.75, 3.05) is 39.8 Å². The fourth-order valence-electron chi connectivity index (χ4n) is 3.79. The molecule has 0 aliphatic carbocycles. The zero-order chi connectivity index (χ0) is 14.6. The Morgan fingerprint density at radius 1 is 1.25 bits per heavy atom. The Labute approximate surface area is 123 Å². The molecule has 0 aromatic carbocycles. The van der Waals surface area contributed by atoms with Crippen LogP contribution in [0, 0.1) is 5.41 Å². The molecule has 1 unspecified atom stereocenters. The first-order chi connectivity index (χ1) is 9.63. The molecule has 1 atom stereocenters. The predicted octanol–water partition coefficient (Wildman–Crippen LogP) is 1.71. The molecule has 4 heteroatoms. The number of hydrogen-bond donors (Lipinski definition) is 1. The molecule has 2 aliphatic heterocycles. The number of carbonyl (C=O) groups is 1. The summed E-state index contributed by atoms with van der Waals surface area (Å²) in [5.74, 6) is 0.434. The summed E-state index contributed by atoms with van der Waals surface area (Å²) in [5.41, 5.74) is -0.0957. The lowest BCUT2D eigenvalue weighted by Crippen LogP contribution is -2.53. The highest BCUT2D eigenvalue weighted by atomic mass is 16.2. The molecule has 0 saturated carbocycles. The van der Waals surface area contributed by atoms with E-state index in [4.69, 9.17) is 0 Å². The Bertz CT molecular complexity index is 326. The van der Waals surface area contributed by atoms with E-state index in [2.05, 4.69) is 36.0 Å². The fraction of sp³-hybridized carbons (Fsp3) is 0.938. The van der Waals surface area contributed by atoms with Crippen molar-refractivity contribution in [2.45, 2.75) is 52.0 Å². The van der Waals surface area contributed by atoms with Gasteiger partial charge in [0, 0.05) is 19.1 Å². The molecule has 2 aliphatic rings. The average molecular weight is 281 g/mol. The highest BCUT2D eigenvalue weighted by Crippen LogP contribution is 2.36. The summed E-state index contributed by atoms with van der Waals surface area (Å²) in [4.78, 5) is 17.8. The first kappa shape index (κ1) is 15.8. The third kappa shape index (κ3) is 3.17. The van der Waals surface area contributed by atoms with Gasteiger partial charge >= 0.3 is 0 Å². The van der Waals surface area contributed by atoms with E-state index >= 15 is 0 Å². The molecule has 20 heavy (non-hydrogen) atoms. The maximum absolute atomic E-state index is 13.2. The minimum absolute atomic E-state index is 0.0957. The Morgan fingerprint density at radius 3 is 2.55 bits per heavy atom. The van der Waals surface area contributed by atoms with Crippen LogP contribution < -0.4 is 5.32 Å². The van der Waals surface area contributed by atoms with Gasteiger partial charge in [0.15, 0.2) is 0 Å². The lowest BCUT2D eigenvalue weighted by molar-refractivity contribution is -0.146. The fourth-order valence-corrected chi connectivity index (χ4v) is 3.79. The Hall–Kier alpha value is -0.610. The lowest BCUT2D eigenvalue weighted by Gasteiger charge is -2.42. The van der Waals surface area contributed by atoms with Gasteiger partial charge in [-0.1, -0.05) is 13.8 Å². The molecule has 1 amide bonds. The van der Waals surface area contributed by atoms with Crippen LogP contribution in [-0.2, 0) is 4.79 Å². The van der Waals surface area contributed by atoms with E-state index in [9.17, 15) is 4.79 Å². The van der Waals surface area contributed by atoms with Crippen LogP contribution in [0.15, 0.2) is 0 Å². The molecule has 4 nitrogen and oxygen atoms in total. The van der Waals surface area contributed by atoms with Crippen molar-refractivity contribution in [3.05, 3.63) is 0 Å². The molecular formula is C16H31N3O. The van der Waals surface area contributed by atoms with Crippen LogP contribution in [0.4, 0.5) is 0 Å². The number of nitrogens with one attached hydrogen (secondary N) is 1. The van der Waals surface area contributed by atoms with Gasteiger partial charge in [-0.05, 0) is 58.8 Å². The van der Waals surface area contributed by atoms with Crippen molar-refractivity contribution in [3.63, 3.8) is 0 Å². The van der Waals surface area contributed by atoms with Gasteiger partial charge < -0.3 is 15.1 Å². The highest BCUT2D eigenvalue weighted by Gasteiger charge is 2.42. The van der Waals surface area contributed by atoms with Gasteiger partial charge in [0.25, 0.3) is 0 Å². The monoisotopic (exact) mass is 281 g/mol. The topological polar surface area (TPSA) is 35.6 Å². The second-order valence-electron chi connectivity index (χ2n) is 6.56. The van der Waals surface area contributed by atoms with Crippen molar-refractivity contribution in [1.82, 2.24) is 15.1 Å². The molecule has 0 aromatic heterocycles. The molecule has 2 saturated heterocycles. The number of rotatable bonds is 3. The minimum Gasteiger partial charge on any atom is -0.338 e. The zero-order valence-corrected chi connectivity index (χ0v) is 13.5. The first-order valence-corrected chi connectivity index (χ1v) is 8.33. The summed E-state index contributed by atoms with van der Waals surface area (Å²) in [6, 6.07) is 0.397. The Kier molecular flexibility index (Phi) is 5.44. The standard InChI is InChI=1S/C16H31N3O/c1-4-14-13-18(3)11-6-12-19(14)15(20)16(5-2)7-9-17-10-8-16/h14,17H,4-13H2,1-3H3. The second-order valence-corrected chi connectivity index (χ2v) is 6.56. The Balaban J connectivity index is 2.15. The average Bonchev–Trinajstić information content (AvgIpc) is 2.68. The van der Waals surface area contributed by atoms with Crippen LogP contribution >= 0.6 is 0 Å². The molecular weight excluding hydrogens is 250 g/mol. The van der Waals surface area contributed by atoms with Crippen molar-refractivity contribution in [1.29, 1.82) is 0 Å². The van der Waals surface area contributed by atoms with E-state index < -0.39 is 0 Å². The van der Waals surface area contributed by atoms with Crippen molar-refractivity contribution < 1.29 is 4.79 Å². The number of carbonyl (C=O) groups excluding carboxylic acids is 1. The van der Waals surface area contributed by atoms with Crippen molar-refractivity contribution in [3.8, 4) is 0 Å². The third-order valence-electron chi connectivity index (χ3n) is 5.33. The summed E-state index contributed by atoms with van der Waals surface area (Å²) in [7, 11) is 2.18. The summed E-state index contributed by atoms with van der Waals surface area (Å²) in [6.45, 7) is 9.46. The van der Waals surface area contributed by atoms with Crippen LogP contribution in [0.5, 0.6) is 0 Å². The number of amides is 1.